The van der Waals surface area contributed by atoms with Crippen LogP contribution >= 0.6 is 0 Å². The molecule has 0 unspecified atom stereocenters. The average Bonchev–Trinajstić information content (AvgIpc) is 2.29. The zero-order chi connectivity index (χ0) is 12.7. The third-order valence-electron chi connectivity index (χ3n) is 2.44. The van der Waals surface area contributed by atoms with Gasteiger partial charge in [-0.2, -0.15) is 0 Å². The van der Waals surface area contributed by atoms with Gasteiger partial charge in [-0.1, -0.05) is 19.1 Å². The molecular formula is C13H17NO3. The van der Waals surface area contributed by atoms with Crippen LogP contribution in [0.25, 0.3) is 0 Å². The van der Waals surface area contributed by atoms with Gasteiger partial charge in [-0.15, -0.1) is 0 Å². The molecule has 1 aromatic carbocycles. The van der Waals surface area contributed by atoms with Crippen LogP contribution < -0.4 is 5.32 Å². The monoisotopic (exact) mass is 235 g/mol. The van der Waals surface area contributed by atoms with Crippen LogP contribution in [0.3, 0.4) is 0 Å². The van der Waals surface area contributed by atoms with Crippen LogP contribution in [0, 0.1) is 0 Å². The molecule has 0 aliphatic carbocycles. The second kappa shape index (κ2) is 6.68. The minimum Gasteiger partial charge on any atom is -0.481 e. The first-order valence-corrected chi connectivity index (χ1v) is 5.72. The lowest BCUT2D eigenvalue weighted by molar-refractivity contribution is -0.137. The van der Waals surface area contributed by atoms with E-state index in [0.717, 1.165) is 12.1 Å². The summed E-state index contributed by atoms with van der Waals surface area (Å²) in [5, 5.41) is 11.2. The Kier molecular flexibility index (Phi) is 5.20. The van der Waals surface area contributed by atoms with Crippen molar-refractivity contribution in [2.45, 2.75) is 32.6 Å². The van der Waals surface area contributed by atoms with E-state index in [0.29, 0.717) is 6.42 Å². The lowest BCUT2D eigenvalue weighted by Crippen LogP contribution is -2.11. The highest BCUT2D eigenvalue weighted by molar-refractivity contribution is 5.90. The first kappa shape index (κ1) is 13.2. The van der Waals surface area contributed by atoms with E-state index in [1.165, 1.54) is 5.56 Å². The summed E-state index contributed by atoms with van der Waals surface area (Å²) in [6.07, 6.45) is 1.60. The summed E-state index contributed by atoms with van der Waals surface area (Å²) < 4.78 is 0. The van der Waals surface area contributed by atoms with E-state index in [9.17, 15) is 9.59 Å². The van der Waals surface area contributed by atoms with Crippen molar-refractivity contribution in [1.82, 2.24) is 0 Å². The topological polar surface area (TPSA) is 66.4 Å². The third kappa shape index (κ3) is 5.15. The van der Waals surface area contributed by atoms with Crippen LogP contribution in [0.5, 0.6) is 0 Å². The van der Waals surface area contributed by atoms with Gasteiger partial charge in [-0.3, -0.25) is 9.59 Å². The Morgan fingerprint density at radius 2 is 1.82 bits per heavy atom. The maximum Gasteiger partial charge on any atom is 0.303 e. The van der Waals surface area contributed by atoms with Gasteiger partial charge in [0.05, 0.1) is 0 Å². The van der Waals surface area contributed by atoms with Crippen LogP contribution in [0.4, 0.5) is 5.69 Å². The first-order valence-electron chi connectivity index (χ1n) is 5.72. The number of hydrogen-bond acceptors (Lipinski definition) is 2. The molecule has 0 aliphatic rings. The molecule has 0 saturated heterocycles. The smallest absolute Gasteiger partial charge is 0.303 e. The van der Waals surface area contributed by atoms with Crippen LogP contribution in [0.15, 0.2) is 24.3 Å². The molecule has 0 saturated carbocycles. The molecule has 4 nitrogen and oxygen atoms in total. The summed E-state index contributed by atoms with van der Waals surface area (Å²) in [5.41, 5.74) is 1.97. The van der Waals surface area contributed by atoms with E-state index in [-0.39, 0.29) is 18.7 Å². The predicted molar refractivity (Wildman–Crippen MR) is 65.9 cm³/mol. The average molecular weight is 235 g/mol. The van der Waals surface area contributed by atoms with Gasteiger partial charge in [0.2, 0.25) is 5.91 Å². The molecule has 0 heterocycles. The molecule has 1 amide bonds. The number of rotatable bonds is 6. The maximum atomic E-state index is 11.4. The molecule has 4 heteroatoms. The molecule has 0 radical (unpaired) electrons. The number of carboxylic acids is 1. The number of carbonyl (C=O) groups excluding carboxylic acids is 1. The maximum absolute atomic E-state index is 11.4. The van der Waals surface area contributed by atoms with Gasteiger partial charge in [0.25, 0.3) is 0 Å². The van der Waals surface area contributed by atoms with Crippen molar-refractivity contribution in [2.75, 3.05) is 5.32 Å². The van der Waals surface area contributed by atoms with Crippen molar-refractivity contribution >= 4 is 17.6 Å². The molecule has 17 heavy (non-hydrogen) atoms. The van der Waals surface area contributed by atoms with Gasteiger partial charge in [0.1, 0.15) is 0 Å². The van der Waals surface area contributed by atoms with E-state index >= 15 is 0 Å². The molecule has 1 rings (SSSR count). The SMILES string of the molecule is CCc1ccc(NC(=O)CCCC(=O)O)cc1. The number of carboxylic acid groups (broad SMARTS) is 1. The van der Waals surface area contributed by atoms with Crippen molar-refractivity contribution in [1.29, 1.82) is 0 Å². The van der Waals surface area contributed by atoms with Gasteiger partial charge in [0.15, 0.2) is 0 Å². The summed E-state index contributed by atoms with van der Waals surface area (Å²) in [4.78, 5) is 21.7. The van der Waals surface area contributed by atoms with E-state index < -0.39 is 5.97 Å². The number of amides is 1. The molecule has 92 valence electrons. The largest absolute Gasteiger partial charge is 0.481 e. The molecule has 2 N–H and O–H groups in total. The van der Waals surface area contributed by atoms with Crippen molar-refractivity contribution in [3.8, 4) is 0 Å². The van der Waals surface area contributed by atoms with Crippen molar-refractivity contribution < 1.29 is 14.7 Å². The highest BCUT2D eigenvalue weighted by atomic mass is 16.4. The Morgan fingerprint density at radius 1 is 1.18 bits per heavy atom. The number of carbonyl (C=O) groups is 2. The van der Waals surface area contributed by atoms with Crippen molar-refractivity contribution in [3.05, 3.63) is 29.8 Å². The Balaban J connectivity index is 2.37. The minimum atomic E-state index is -0.870. The Morgan fingerprint density at radius 3 is 2.35 bits per heavy atom. The lowest BCUT2D eigenvalue weighted by Gasteiger charge is -2.05. The predicted octanol–water partition coefficient (Wildman–Crippen LogP) is 2.44. The molecule has 0 spiro atoms. The van der Waals surface area contributed by atoms with Crippen LogP contribution in [0.1, 0.15) is 31.7 Å². The van der Waals surface area contributed by atoms with Gasteiger partial charge < -0.3 is 10.4 Å². The number of aryl methyl sites for hydroxylation is 1. The number of benzene rings is 1. The van der Waals surface area contributed by atoms with E-state index in [1.807, 2.05) is 24.3 Å². The van der Waals surface area contributed by atoms with E-state index in [4.69, 9.17) is 5.11 Å². The van der Waals surface area contributed by atoms with E-state index in [2.05, 4.69) is 12.2 Å². The summed E-state index contributed by atoms with van der Waals surface area (Å²) in [5.74, 6) is -1.01. The summed E-state index contributed by atoms with van der Waals surface area (Å²) >= 11 is 0. The third-order valence-corrected chi connectivity index (χ3v) is 2.44. The Bertz CT molecular complexity index is 384. The summed E-state index contributed by atoms with van der Waals surface area (Å²) in [6.45, 7) is 2.07. The lowest BCUT2D eigenvalue weighted by atomic mass is 10.1. The van der Waals surface area contributed by atoms with Crippen LogP contribution in [0.2, 0.25) is 0 Å². The fourth-order valence-corrected chi connectivity index (χ4v) is 1.45. The van der Waals surface area contributed by atoms with Gasteiger partial charge >= 0.3 is 5.97 Å². The summed E-state index contributed by atoms with van der Waals surface area (Å²) in [7, 11) is 0. The number of nitrogens with one attached hydrogen (secondary N) is 1. The van der Waals surface area contributed by atoms with Crippen molar-refractivity contribution in [3.63, 3.8) is 0 Å². The van der Waals surface area contributed by atoms with Gasteiger partial charge in [-0.25, -0.2) is 0 Å². The van der Waals surface area contributed by atoms with Crippen LogP contribution in [-0.2, 0) is 16.0 Å². The normalized spacial score (nSPS) is 9.94. The zero-order valence-corrected chi connectivity index (χ0v) is 9.90. The molecule has 0 fully saturated rings. The first-order chi connectivity index (χ1) is 8.11. The summed E-state index contributed by atoms with van der Waals surface area (Å²) in [6, 6.07) is 7.64. The van der Waals surface area contributed by atoms with Gasteiger partial charge in [0, 0.05) is 18.5 Å². The van der Waals surface area contributed by atoms with Gasteiger partial charge in [-0.05, 0) is 30.5 Å². The highest BCUT2D eigenvalue weighted by Gasteiger charge is 2.04. The molecule has 0 aromatic heterocycles. The number of anilines is 1. The van der Waals surface area contributed by atoms with E-state index in [1.54, 1.807) is 0 Å². The molecular weight excluding hydrogens is 218 g/mol. The second-order valence-electron chi connectivity index (χ2n) is 3.85. The highest BCUT2D eigenvalue weighted by Crippen LogP contribution is 2.10. The van der Waals surface area contributed by atoms with Crippen LogP contribution in [-0.4, -0.2) is 17.0 Å². The molecule has 0 bridgehead atoms. The number of aliphatic carboxylic acids is 1. The minimum absolute atomic E-state index is 0.0300. The van der Waals surface area contributed by atoms with Crippen molar-refractivity contribution in [2.24, 2.45) is 0 Å². The fourth-order valence-electron chi connectivity index (χ4n) is 1.45. The number of hydrogen-bond donors (Lipinski definition) is 2. The quantitative estimate of drug-likeness (QED) is 0.795. The molecule has 1 aromatic rings. The standard InChI is InChI=1S/C13H17NO3/c1-2-10-6-8-11(9-7-10)14-12(15)4-3-5-13(16)17/h6-9H,2-5H2,1H3,(H,14,15)(H,16,17). The zero-order valence-electron chi connectivity index (χ0n) is 9.90. The second-order valence-corrected chi connectivity index (χ2v) is 3.85. The Hall–Kier alpha value is -1.84. The fraction of sp³-hybridized carbons (Fsp3) is 0.385. The molecule has 0 aliphatic heterocycles. The molecule has 0 atom stereocenters. The Labute approximate surface area is 101 Å².